The summed E-state index contributed by atoms with van der Waals surface area (Å²) in [5.41, 5.74) is 2.30. The summed E-state index contributed by atoms with van der Waals surface area (Å²) >= 11 is 0. The number of H-pyrrole nitrogens is 1. The number of nitrogens with one attached hydrogen (secondary N) is 2. The number of anilines is 1. The number of carbonyl (C=O) groups is 1. The third-order valence-electron chi connectivity index (χ3n) is 4.45. The maximum Gasteiger partial charge on any atom is 0.333 e. The van der Waals surface area contributed by atoms with E-state index in [0.717, 1.165) is 27.5 Å². The van der Waals surface area contributed by atoms with Gasteiger partial charge in [-0.25, -0.2) is 9.36 Å². The summed E-state index contributed by atoms with van der Waals surface area (Å²) in [6, 6.07) is 10.4. The minimum atomic E-state index is -0.711. The summed E-state index contributed by atoms with van der Waals surface area (Å²) in [5.74, 6) is -0.0995. The first-order valence-electron chi connectivity index (χ1n) is 8.70. The smallest absolute Gasteiger partial charge is 0.333 e. The molecule has 0 radical (unpaired) electrons. The number of aryl methyl sites for hydroxylation is 3. The van der Waals surface area contributed by atoms with Crippen molar-refractivity contribution in [2.75, 3.05) is 12.4 Å². The van der Waals surface area contributed by atoms with Crippen molar-refractivity contribution in [3.05, 3.63) is 85.7 Å². The number of methoxy groups -OCH3 is 1. The average Bonchev–Trinajstić information content (AvgIpc) is 2.64. The van der Waals surface area contributed by atoms with Crippen molar-refractivity contribution in [2.24, 2.45) is 0 Å². The topological polar surface area (TPSA) is 93.2 Å². The van der Waals surface area contributed by atoms with Crippen molar-refractivity contribution >= 4 is 11.6 Å². The van der Waals surface area contributed by atoms with Gasteiger partial charge in [0.05, 0.1) is 12.8 Å². The predicted octanol–water partition coefficient (Wildman–Crippen LogP) is 2.71. The van der Waals surface area contributed by atoms with Gasteiger partial charge in [-0.05, 0) is 44.0 Å². The van der Waals surface area contributed by atoms with E-state index in [4.69, 9.17) is 4.74 Å². The van der Waals surface area contributed by atoms with Crippen LogP contribution in [0.25, 0.3) is 5.69 Å². The first kappa shape index (κ1) is 19.2. The lowest BCUT2D eigenvalue weighted by Gasteiger charge is -2.13. The van der Waals surface area contributed by atoms with Crippen LogP contribution in [0.3, 0.4) is 0 Å². The molecule has 0 atom stereocenters. The van der Waals surface area contributed by atoms with E-state index in [0.29, 0.717) is 17.1 Å². The lowest BCUT2D eigenvalue weighted by atomic mass is 10.0. The Labute approximate surface area is 161 Å². The third-order valence-corrected chi connectivity index (χ3v) is 4.45. The molecule has 2 N–H and O–H groups in total. The van der Waals surface area contributed by atoms with E-state index >= 15 is 0 Å². The Balaban J connectivity index is 2.06. The molecule has 0 spiro atoms. The summed E-state index contributed by atoms with van der Waals surface area (Å²) in [6.45, 7) is 5.74. The van der Waals surface area contributed by atoms with E-state index in [1.165, 1.54) is 7.11 Å². The van der Waals surface area contributed by atoms with Crippen LogP contribution >= 0.6 is 0 Å². The van der Waals surface area contributed by atoms with Crippen molar-refractivity contribution < 1.29 is 9.53 Å². The first-order valence-corrected chi connectivity index (χ1v) is 8.70. The van der Waals surface area contributed by atoms with E-state index in [2.05, 4.69) is 10.3 Å². The number of nitrogens with zero attached hydrogens (tertiary/aromatic N) is 1. The maximum atomic E-state index is 12.9. The number of amides is 1. The Morgan fingerprint density at radius 1 is 1.07 bits per heavy atom. The van der Waals surface area contributed by atoms with Crippen molar-refractivity contribution in [2.45, 2.75) is 20.8 Å². The number of aromatic amines is 1. The summed E-state index contributed by atoms with van der Waals surface area (Å²) in [5, 5.41) is 2.78. The number of ether oxygens (including phenoxy) is 1. The number of carbonyl (C=O) groups excluding carboxylic acids is 1. The summed E-state index contributed by atoms with van der Waals surface area (Å²) in [6.07, 6.45) is 1.13. The highest BCUT2D eigenvalue weighted by atomic mass is 16.5. The first-order chi connectivity index (χ1) is 13.3. The molecular formula is C21H21N3O4. The highest BCUT2D eigenvalue weighted by molar-refractivity contribution is 6.04. The van der Waals surface area contributed by atoms with Gasteiger partial charge in [0.15, 0.2) is 0 Å². The quantitative estimate of drug-likeness (QED) is 0.729. The molecule has 1 amide bonds. The minimum absolute atomic E-state index is 0.165. The van der Waals surface area contributed by atoms with Crippen LogP contribution in [0.15, 0.2) is 52.2 Å². The molecule has 0 aliphatic rings. The molecule has 1 heterocycles. The molecule has 0 saturated heterocycles. The molecule has 7 nitrogen and oxygen atoms in total. The summed E-state index contributed by atoms with van der Waals surface area (Å²) in [7, 11) is 1.49. The zero-order chi connectivity index (χ0) is 20.4. The molecule has 0 unspecified atom stereocenters. The van der Waals surface area contributed by atoms with Gasteiger partial charge in [-0.1, -0.05) is 23.8 Å². The molecule has 0 bridgehead atoms. The van der Waals surface area contributed by atoms with Gasteiger partial charge in [0.1, 0.15) is 11.3 Å². The lowest BCUT2D eigenvalue weighted by Crippen LogP contribution is -2.38. The maximum absolute atomic E-state index is 12.9. The van der Waals surface area contributed by atoms with E-state index in [1.807, 2.05) is 32.9 Å². The standard InChI is InChI=1S/C21H21N3O4/c1-12-8-13(2)18(14(3)9-12)23-19(25)17-11-22-21(27)24(20(17)26)15-6-5-7-16(10-15)28-4/h5-11H,1-4H3,(H,22,27)(H,23,25). The number of hydrogen-bond acceptors (Lipinski definition) is 4. The van der Waals surface area contributed by atoms with Crippen LogP contribution in [-0.4, -0.2) is 22.6 Å². The molecule has 0 aliphatic carbocycles. The fraction of sp³-hybridized carbons (Fsp3) is 0.190. The summed E-state index contributed by atoms with van der Waals surface area (Å²) < 4.78 is 6.05. The van der Waals surface area contributed by atoms with E-state index in [9.17, 15) is 14.4 Å². The second kappa shape index (κ2) is 7.56. The molecule has 0 saturated carbocycles. The van der Waals surface area contributed by atoms with Crippen molar-refractivity contribution in [3.8, 4) is 11.4 Å². The Bertz CT molecular complexity index is 1150. The Hall–Kier alpha value is -3.61. The van der Waals surface area contributed by atoms with Crippen LogP contribution in [0.1, 0.15) is 27.0 Å². The molecule has 0 fully saturated rings. The van der Waals surface area contributed by atoms with Gasteiger partial charge in [-0.15, -0.1) is 0 Å². The van der Waals surface area contributed by atoms with Crippen LogP contribution in [0.2, 0.25) is 0 Å². The Kier molecular flexibility index (Phi) is 5.17. The predicted molar refractivity (Wildman–Crippen MR) is 108 cm³/mol. The van der Waals surface area contributed by atoms with Gasteiger partial charge in [0.25, 0.3) is 11.5 Å². The van der Waals surface area contributed by atoms with Crippen LogP contribution in [0.4, 0.5) is 5.69 Å². The fourth-order valence-corrected chi connectivity index (χ4v) is 3.18. The van der Waals surface area contributed by atoms with Crippen molar-refractivity contribution in [1.29, 1.82) is 0 Å². The Morgan fingerprint density at radius 3 is 2.39 bits per heavy atom. The van der Waals surface area contributed by atoms with Crippen LogP contribution < -0.4 is 21.3 Å². The van der Waals surface area contributed by atoms with Crippen molar-refractivity contribution in [3.63, 3.8) is 0 Å². The zero-order valence-corrected chi connectivity index (χ0v) is 16.1. The largest absolute Gasteiger partial charge is 0.497 e. The fourth-order valence-electron chi connectivity index (χ4n) is 3.18. The number of aromatic nitrogens is 2. The second-order valence-corrected chi connectivity index (χ2v) is 6.58. The molecule has 0 aliphatic heterocycles. The number of hydrogen-bond donors (Lipinski definition) is 2. The minimum Gasteiger partial charge on any atom is -0.497 e. The normalized spacial score (nSPS) is 10.6. The van der Waals surface area contributed by atoms with Gasteiger partial charge < -0.3 is 15.0 Å². The highest BCUT2D eigenvalue weighted by Gasteiger charge is 2.18. The highest BCUT2D eigenvalue weighted by Crippen LogP contribution is 2.22. The monoisotopic (exact) mass is 379 g/mol. The molecular weight excluding hydrogens is 358 g/mol. The van der Waals surface area contributed by atoms with E-state index in [-0.39, 0.29) is 5.56 Å². The second-order valence-electron chi connectivity index (χ2n) is 6.58. The SMILES string of the molecule is COc1cccc(-n2c(=O)[nH]cc(C(=O)Nc3c(C)cc(C)cc3C)c2=O)c1. The number of benzene rings is 2. The molecule has 3 aromatic rings. The van der Waals surface area contributed by atoms with Gasteiger partial charge in [-0.3, -0.25) is 9.59 Å². The zero-order valence-electron chi connectivity index (χ0n) is 16.1. The molecule has 1 aromatic heterocycles. The lowest BCUT2D eigenvalue weighted by molar-refractivity contribution is 0.102. The molecule has 144 valence electrons. The van der Waals surface area contributed by atoms with Crippen LogP contribution in [0, 0.1) is 20.8 Å². The van der Waals surface area contributed by atoms with Gasteiger partial charge in [-0.2, -0.15) is 0 Å². The third kappa shape index (κ3) is 3.59. The van der Waals surface area contributed by atoms with Crippen LogP contribution in [-0.2, 0) is 0 Å². The summed E-state index contributed by atoms with van der Waals surface area (Å²) in [4.78, 5) is 40.4. The average molecular weight is 379 g/mol. The van der Waals surface area contributed by atoms with Crippen molar-refractivity contribution in [1.82, 2.24) is 9.55 Å². The molecule has 28 heavy (non-hydrogen) atoms. The van der Waals surface area contributed by atoms with E-state index in [1.54, 1.807) is 24.3 Å². The van der Waals surface area contributed by atoms with Gasteiger partial charge in [0.2, 0.25) is 0 Å². The molecule has 7 heteroatoms. The van der Waals surface area contributed by atoms with Gasteiger partial charge >= 0.3 is 5.69 Å². The Morgan fingerprint density at radius 2 is 1.75 bits per heavy atom. The van der Waals surface area contributed by atoms with Crippen LogP contribution in [0.5, 0.6) is 5.75 Å². The molecule has 3 rings (SSSR count). The number of rotatable bonds is 4. The van der Waals surface area contributed by atoms with Gasteiger partial charge in [0, 0.05) is 18.0 Å². The van der Waals surface area contributed by atoms with E-state index < -0.39 is 17.2 Å². The molecule has 2 aromatic carbocycles.